The summed E-state index contributed by atoms with van der Waals surface area (Å²) in [5.41, 5.74) is 6.13. The lowest BCUT2D eigenvalue weighted by Gasteiger charge is -2.28. The standard InChI is InChI=1S/C11H18N4O2S.2ClH/c1-11(2,18-3)9(12)10(17)13-5-7-4-8(16)15-6-14-7;;/h4,6,9H,5,12H2,1-3H3,(H,13,17)(H,14,15,16);2*1H/t9-;;/m1../s1. The molecule has 1 heterocycles. The number of aromatic nitrogens is 2. The second kappa shape index (κ2) is 9.23. The lowest BCUT2D eigenvalue weighted by Crippen LogP contribution is -2.51. The maximum atomic E-state index is 11.8. The Morgan fingerprint density at radius 3 is 2.65 bits per heavy atom. The molecule has 0 aliphatic carbocycles. The second-order valence-corrected chi connectivity index (χ2v) is 5.87. The topological polar surface area (TPSA) is 101 Å². The predicted octanol–water partition coefficient (Wildman–Crippen LogP) is 0.699. The van der Waals surface area contributed by atoms with E-state index in [2.05, 4.69) is 15.3 Å². The number of hydrogen-bond donors (Lipinski definition) is 3. The Morgan fingerprint density at radius 2 is 2.15 bits per heavy atom. The molecule has 0 spiro atoms. The molecule has 0 unspecified atom stereocenters. The highest BCUT2D eigenvalue weighted by Gasteiger charge is 2.30. The molecule has 1 aromatic heterocycles. The average Bonchev–Trinajstić information content (AvgIpc) is 2.35. The van der Waals surface area contributed by atoms with Crippen LogP contribution in [0.3, 0.4) is 0 Å². The van der Waals surface area contributed by atoms with Gasteiger partial charge in [0.15, 0.2) is 0 Å². The minimum atomic E-state index is -0.616. The predicted molar refractivity (Wildman–Crippen MR) is 86.8 cm³/mol. The van der Waals surface area contributed by atoms with E-state index in [1.165, 1.54) is 24.2 Å². The highest BCUT2D eigenvalue weighted by molar-refractivity contribution is 8.00. The molecule has 0 aliphatic heterocycles. The number of thioether (sulfide) groups is 1. The zero-order valence-electron chi connectivity index (χ0n) is 11.5. The molecule has 9 heteroatoms. The maximum absolute atomic E-state index is 11.8. The Bertz CT molecular complexity index is 481. The van der Waals surface area contributed by atoms with Crippen molar-refractivity contribution in [2.45, 2.75) is 31.2 Å². The molecule has 6 nitrogen and oxygen atoms in total. The molecule has 0 aliphatic rings. The molecule has 1 atom stereocenters. The maximum Gasteiger partial charge on any atom is 0.250 e. The molecule has 0 fully saturated rings. The third-order valence-corrected chi connectivity index (χ3v) is 4.04. The Labute approximate surface area is 134 Å². The van der Waals surface area contributed by atoms with Gasteiger partial charge in [0.2, 0.25) is 5.91 Å². The van der Waals surface area contributed by atoms with Gasteiger partial charge in [-0.3, -0.25) is 9.59 Å². The van der Waals surface area contributed by atoms with Crippen LogP contribution in [0.4, 0.5) is 0 Å². The lowest BCUT2D eigenvalue weighted by atomic mass is 10.0. The van der Waals surface area contributed by atoms with E-state index in [1.807, 2.05) is 20.1 Å². The molecule has 0 bridgehead atoms. The SMILES string of the molecule is CSC(C)(C)[C@H](N)C(=O)NCc1cc(=O)[nH]cn1.Cl.Cl. The quantitative estimate of drug-likeness (QED) is 0.731. The van der Waals surface area contributed by atoms with E-state index >= 15 is 0 Å². The highest BCUT2D eigenvalue weighted by Crippen LogP contribution is 2.24. The van der Waals surface area contributed by atoms with Crippen molar-refractivity contribution in [3.8, 4) is 0 Å². The first-order valence-electron chi connectivity index (χ1n) is 5.49. The van der Waals surface area contributed by atoms with Gasteiger partial charge in [-0.1, -0.05) is 0 Å². The molecule has 0 radical (unpaired) electrons. The van der Waals surface area contributed by atoms with Crippen molar-refractivity contribution in [2.75, 3.05) is 6.26 Å². The van der Waals surface area contributed by atoms with Crippen LogP contribution in [0.1, 0.15) is 19.5 Å². The van der Waals surface area contributed by atoms with E-state index in [1.54, 1.807) is 0 Å². The van der Waals surface area contributed by atoms with E-state index in [4.69, 9.17) is 5.73 Å². The summed E-state index contributed by atoms with van der Waals surface area (Å²) in [7, 11) is 0. The Morgan fingerprint density at radius 1 is 1.55 bits per heavy atom. The van der Waals surface area contributed by atoms with Crippen LogP contribution in [-0.2, 0) is 11.3 Å². The van der Waals surface area contributed by atoms with Gasteiger partial charge in [-0.25, -0.2) is 4.98 Å². The van der Waals surface area contributed by atoms with Gasteiger partial charge in [0.25, 0.3) is 5.56 Å². The molecule has 4 N–H and O–H groups in total. The summed E-state index contributed by atoms with van der Waals surface area (Å²) >= 11 is 1.53. The first-order chi connectivity index (χ1) is 8.36. The number of amides is 1. The van der Waals surface area contributed by atoms with Gasteiger partial charge < -0.3 is 16.0 Å². The average molecular weight is 343 g/mol. The zero-order chi connectivity index (χ0) is 13.8. The molecular formula is C11H20Cl2N4O2S. The van der Waals surface area contributed by atoms with Crippen molar-refractivity contribution in [3.05, 3.63) is 28.4 Å². The highest BCUT2D eigenvalue weighted by atomic mass is 35.5. The number of aromatic amines is 1. The van der Waals surface area contributed by atoms with Crippen molar-refractivity contribution >= 4 is 42.5 Å². The van der Waals surface area contributed by atoms with Gasteiger partial charge in [-0.05, 0) is 20.1 Å². The number of carbonyl (C=O) groups is 1. The largest absolute Gasteiger partial charge is 0.349 e. The van der Waals surface area contributed by atoms with E-state index in [-0.39, 0.29) is 47.6 Å². The molecule has 1 aromatic rings. The van der Waals surface area contributed by atoms with E-state index in [0.717, 1.165) is 0 Å². The fourth-order valence-electron chi connectivity index (χ4n) is 1.24. The monoisotopic (exact) mass is 342 g/mol. The summed E-state index contributed by atoms with van der Waals surface area (Å²) < 4.78 is -0.342. The summed E-state index contributed by atoms with van der Waals surface area (Å²) in [6.45, 7) is 4.02. The Hall–Kier alpha value is -0.760. The van der Waals surface area contributed by atoms with Crippen molar-refractivity contribution in [2.24, 2.45) is 5.73 Å². The molecular weight excluding hydrogens is 323 g/mol. The number of rotatable bonds is 5. The summed E-state index contributed by atoms with van der Waals surface area (Å²) in [6, 6.07) is 0.723. The van der Waals surface area contributed by atoms with Gasteiger partial charge in [0.05, 0.1) is 24.6 Å². The zero-order valence-corrected chi connectivity index (χ0v) is 14.0. The number of H-pyrrole nitrogens is 1. The number of nitrogens with one attached hydrogen (secondary N) is 2. The lowest BCUT2D eigenvalue weighted by molar-refractivity contribution is -0.123. The van der Waals surface area contributed by atoms with Crippen molar-refractivity contribution < 1.29 is 4.79 Å². The van der Waals surface area contributed by atoms with Crippen LogP contribution in [0.25, 0.3) is 0 Å². The number of nitrogens with two attached hydrogens (primary N) is 1. The van der Waals surface area contributed by atoms with Gasteiger partial charge in [-0.15, -0.1) is 24.8 Å². The van der Waals surface area contributed by atoms with Crippen LogP contribution >= 0.6 is 36.6 Å². The molecule has 1 rings (SSSR count). The molecule has 0 saturated heterocycles. The second-order valence-electron chi connectivity index (χ2n) is 4.41. The van der Waals surface area contributed by atoms with E-state index in [9.17, 15) is 9.59 Å². The fraction of sp³-hybridized carbons (Fsp3) is 0.545. The van der Waals surface area contributed by atoms with Crippen molar-refractivity contribution in [3.63, 3.8) is 0 Å². The summed E-state index contributed by atoms with van der Waals surface area (Å²) in [4.78, 5) is 29.2. The molecule has 20 heavy (non-hydrogen) atoms. The summed E-state index contributed by atoms with van der Waals surface area (Å²) in [5, 5.41) is 2.67. The van der Waals surface area contributed by atoms with Crippen molar-refractivity contribution in [1.29, 1.82) is 0 Å². The Balaban J connectivity index is 0. The van der Waals surface area contributed by atoms with Crippen LogP contribution in [-0.4, -0.2) is 32.9 Å². The summed E-state index contributed by atoms with van der Waals surface area (Å²) in [6.07, 6.45) is 3.21. The van der Waals surface area contributed by atoms with Gasteiger partial charge in [0.1, 0.15) is 0 Å². The van der Waals surface area contributed by atoms with Gasteiger partial charge in [0, 0.05) is 10.8 Å². The van der Waals surface area contributed by atoms with E-state index < -0.39 is 6.04 Å². The first-order valence-corrected chi connectivity index (χ1v) is 6.71. The number of carbonyl (C=O) groups excluding carboxylic acids is 1. The van der Waals surface area contributed by atoms with Gasteiger partial charge >= 0.3 is 0 Å². The number of nitrogens with zero attached hydrogens (tertiary/aromatic N) is 1. The molecule has 0 saturated carbocycles. The number of halogens is 2. The van der Waals surface area contributed by atoms with Crippen LogP contribution < -0.4 is 16.6 Å². The Kier molecular flexibility index (Phi) is 9.94. The minimum absolute atomic E-state index is 0. The number of hydrogen-bond acceptors (Lipinski definition) is 5. The fourth-order valence-corrected chi connectivity index (χ4v) is 1.60. The van der Waals surface area contributed by atoms with Crippen LogP contribution in [0.15, 0.2) is 17.2 Å². The van der Waals surface area contributed by atoms with Crippen LogP contribution in [0.2, 0.25) is 0 Å². The smallest absolute Gasteiger partial charge is 0.250 e. The molecule has 1 amide bonds. The third kappa shape index (κ3) is 6.13. The van der Waals surface area contributed by atoms with Crippen molar-refractivity contribution in [1.82, 2.24) is 15.3 Å². The van der Waals surface area contributed by atoms with Crippen LogP contribution in [0, 0.1) is 0 Å². The van der Waals surface area contributed by atoms with Crippen LogP contribution in [0.5, 0.6) is 0 Å². The minimum Gasteiger partial charge on any atom is -0.349 e. The first kappa shape index (κ1) is 21.5. The molecule has 0 aromatic carbocycles. The molecule has 116 valence electrons. The van der Waals surface area contributed by atoms with Gasteiger partial charge in [-0.2, -0.15) is 11.8 Å². The van der Waals surface area contributed by atoms with E-state index in [0.29, 0.717) is 5.69 Å². The summed E-state index contributed by atoms with van der Waals surface area (Å²) in [5.74, 6) is -0.253. The third-order valence-electron chi connectivity index (χ3n) is 2.74. The normalized spacial score (nSPS) is 11.8.